The van der Waals surface area contributed by atoms with Crippen LogP contribution in [0.3, 0.4) is 0 Å². The van der Waals surface area contributed by atoms with E-state index < -0.39 is 23.5 Å². The Balaban J connectivity index is 1.83. The second kappa shape index (κ2) is 6.40. The van der Waals surface area contributed by atoms with Gasteiger partial charge in [-0.25, -0.2) is 4.39 Å². The van der Waals surface area contributed by atoms with Crippen LogP contribution in [0, 0.1) is 5.82 Å². The average Bonchev–Trinajstić information content (AvgIpc) is 2.90. The molecule has 8 heteroatoms. The number of fused-ring (bicyclic) bond motifs is 1. The van der Waals surface area contributed by atoms with Crippen molar-refractivity contribution in [3.63, 3.8) is 0 Å². The highest BCUT2D eigenvalue weighted by Crippen LogP contribution is 2.36. The summed E-state index contributed by atoms with van der Waals surface area (Å²) in [6, 6.07) is 7.16. The summed E-state index contributed by atoms with van der Waals surface area (Å²) in [7, 11) is 0. The SMILES string of the molecule is O=C(Cc1c[nH]c2cc(F)ccc12)Nc1ccc(Cl)cc1C(F)(F)F. The molecule has 1 heterocycles. The van der Waals surface area contributed by atoms with Crippen LogP contribution in [0.4, 0.5) is 23.2 Å². The first-order valence-corrected chi connectivity index (χ1v) is 7.54. The maximum Gasteiger partial charge on any atom is 0.418 e. The standard InChI is InChI=1S/C17H11ClF4N2O/c18-10-1-4-14(13(6-10)17(20,21)22)24-16(25)5-9-8-23-15-7-11(19)2-3-12(9)15/h1-4,6-8,23H,5H2,(H,24,25). The Morgan fingerprint density at radius 3 is 2.64 bits per heavy atom. The van der Waals surface area contributed by atoms with Gasteiger partial charge in [-0.15, -0.1) is 0 Å². The van der Waals surface area contributed by atoms with E-state index in [9.17, 15) is 22.4 Å². The monoisotopic (exact) mass is 370 g/mol. The number of anilines is 1. The van der Waals surface area contributed by atoms with E-state index in [4.69, 9.17) is 11.6 Å². The van der Waals surface area contributed by atoms with Crippen LogP contribution < -0.4 is 5.32 Å². The van der Waals surface area contributed by atoms with Crippen LogP contribution in [-0.4, -0.2) is 10.9 Å². The van der Waals surface area contributed by atoms with Gasteiger partial charge in [0.25, 0.3) is 0 Å². The number of halogens is 5. The Bertz CT molecular complexity index is 949. The number of aromatic amines is 1. The summed E-state index contributed by atoms with van der Waals surface area (Å²) in [5.74, 6) is -1.06. The summed E-state index contributed by atoms with van der Waals surface area (Å²) in [5.41, 5.74) is -0.331. The molecule has 0 aliphatic heterocycles. The van der Waals surface area contributed by atoms with Crippen LogP contribution in [0.1, 0.15) is 11.1 Å². The summed E-state index contributed by atoms with van der Waals surface area (Å²) in [4.78, 5) is 15.0. The number of rotatable bonds is 3. The lowest BCUT2D eigenvalue weighted by atomic mass is 10.1. The third-order valence-corrected chi connectivity index (χ3v) is 3.88. The number of alkyl halides is 3. The van der Waals surface area contributed by atoms with E-state index in [-0.39, 0.29) is 17.1 Å². The van der Waals surface area contributed by atoms with Gasteiger partial charge in [0.15, 0.2) is 0 Å². The summed E-state index contributed by atoms with van der Waals surface area (Å²) in [6.45, 7) is 0. The van der Waals surface area contributed by atoms with Crippen LogP contribution in [0.15, 0.2) is 42.6 Å². The summed E-state index contributed by atoms with van der Waals surface area (Å²) >= 11 is 5.61. The summed E-state index contributed by atoms with van der Waals surface area (Å²) in [6.07, 6.45) is -3.28. The molecular formula is C17H11ClF4N2O. The number of carbonyl (C=O) groups excluding carboxylic acids is 1. The van der Waals surface area contributed by atoms with Gasteiger partial charge in [0.2, 0.25) is 5.91 Å². The second-order valence-electron chi connectivity index (χ2n) is 5.42. The number of carbonyl (C=O) groups is 1. The van der Waals surface area contributed by atoms with Crippen molar-refractivity contribution in [3.05, 3.63) is 64.6 Å². The van der Waals surface area contributed by atoms with E-state index in [1.54, 1.807) is 0 Å². The molecule has 3 nitrogen and oxygen atoms in total. The predicted octanol–water partition coefficient (Wildman–Crippen LogP) is 5.16. The fourth-order valence-electron chi connectivity index (χ4n) is 2.53. The van der Waals surface area contributed by atoms with Gasteiger partial charge in [0, 0.05) is 22.1 Å². The van der Waals surface area contributed by atoms with E-state index in [2.05, 4.69) is 10.3 Å². The molecule has 0 atom stereocenters. The second-order valence-corrected chi connectivity index (χ2v) is 5.85. The Labute approximate surface area is 144 Å². The van der Waals surface area contributed by atoms with Gasteiger partial charge in [0.1, 0.15) is 5.82 Å². The van der Waals surface area contributed by atoms with E-state index in [1.165, 1.54) is 30.5 Å². The van der Waals surface area contributed by atoms with Crippen LogP contribution in [0.2, 0.25) is 5.02 Å². The van der Waals surface area contributed by atoms with Gasteiger partial charge in [-0.2, -0.15) is 13.2 Å². The number of amides is 1. The quantitative estimate of drug-likeness (QED) is 0.614. The highest BCUT2D eigenvalue weighted by molar-refractivity contribution is 6.30. The highest BCUT2D eigenvalue weighted by atomic mass is 35.5. The van der Waals surface area contributed by atoms with Gasteiger partial charge in [-0.05, 0) is 42.0 Å². The maximum absolute atomic E-state index is 13.2. The maximum atomic E-state index is 13.2. The van der Waals surface area contributed by atoms with E-state index in [0.717, 1.165) is 12.1 Å². The lowest BCUT2D eigenvalue weighted by Gasteiger charge is -2.14. The molecule has 0 fully saturated rings. The Kier molecular flexibility index (Phi) is 4.43. The third kappa shape index (κ3) is 3.76. The fourth-order valence-corrected chi connectivity index (χ4v) is 2.70. The van der Waals surface area contributed by atoms with Crippen molar-refractivity contribution in [2.24, 2.45) is 0 Å². The topological polar surface area (TPSA) is 44.9 Å². The number of hydrogen-bond acceptors (Lipinski definition) is 1. The van der Waals surface area contributed by atoms with Crippen molar-refractivity contribution in [1.82, 2.24) is 4.98 Å². The van der Waals surface area contributed by atoms with Crippen LogP contribution in [0.5, 0.6) is 0 Å². The molecule has 3 aromatic rings. The lowest BCUT2D eigenvalue weighted by Crippen LogP contribution is -2.18. The van der Waals surface area contributed by atoms with Crippen molar-refractivity contribution in [2.45, 2.75) is 12.6 Å². The van der Waals surface area contributed by atoms with Gasteiger partial charge in [0.05, 0.1) is 17.7 Å². The normalized spacial score (nSPS) is 11.7. The van der Waals surface area contributed by atoms with Crippen LogP contribution in [-0.2, 0) is 17.4 Å². The largest absolute Gasteiger partial charge is 0.418 e. The molecule has 0 saturated carbocycles. The molecule has 0 radical (unpaired) electrons. The molecule has 0 aliphatic rings. The van der Waals surface area contributed by atoms with E-state index in [1.807, 2.05) is 0 Å². The molecular weight excluding hydrogens is 360 g/mol. The Hall–Kier alpha value is -2.54. The number of benzene rings is 2. The number of H-pyrrole nitrogens is 1. The Morgan fingerprint density at radius 1 is 1.16 bits per heavy atom. The molecule has 0 aliphatic carbocycles. The molecule has 1 aromatic heterocycles. The zero-order valence-electron chi connectivity index (χ0n) is 12.5. The molecule has 2 N–H and O–H groups in total. The molecule has 0 saturated heterocycles. The number of hydrogen-bond donors (Lipinski definition) is 2. The Morgan fingerprint density at radius 2 is 1.92 bits per heavy atom. The lowest BCUT2D eigenvalue weighted by molar-refractivity contribution is -0.137. The first-order chi connectivity index (χ1) is 11.7. The molecule has 1 amide bonds. The van der Waals surface area contributed by atoms with Crippen molar-refractivity contribution < 1.29 is 22.4 Å². The minimum Gasteiger partial charge on any atom is -0.361 e. The van der Waals surface area contributed by atoms with Crippen LogP contribution >= 0.6 is 11.6 Å². The molecule has 0 bridgehead atoms. The fraction of sp³-hybridized carbons (Fsp3) is 0.118. The third-order valence-electron chi connectivity index (χ3n) is 3.64. The molecule has 2 aromatic carbocycles. The van der Waals surface area contributed by atoms with Gasteiger partial charge in [-0.1, -0.05) is 11.6 Å². The zero-order chi connectivity index (χ0) is 18.2. The molecule has 0 unspecified atom stereocenters. The minimum atomic E-state index is -4.65. The zero-order valence-corrected chi connectivity index (χ0v) is 13.3. The number of nitrogens with one attached hydrogen (secondary N) is 2. The number of aromatic nitrogens is 1. The smallest absolute Gasteiger partial charge is 0.361 e. The minimum absolute atomic E-state index is 0.0796. The summed E-state index contributed by atoms with van der Waals surface area (Å²) < 4.78 is 52.3. The van der Waals surface area contributed by atoms with E-state index in [0.29, 0.717) is 16.5 Å². The molecule has 130 valence electrons. The van der Waals surface area contributed by atoms with Gasteiger partial charge in [-0.3, -0.25) is 4.79 Å². The van der Waals surface area contributed by atoms with Crippen LogP contribution in [0.25, 0.3) is 10.9 Å². The predicted molar refractivity (Wildman–Crippen MR) is 87.0 cm³/mol. The van der Waals surface area contributed by atoms with Crippen molar-refractivity contribution in [2.75, 3.05) is 5.32 Å². The molecule has 25 heavy (non-hydrogen) atoms. The highest BCUT2D eigenvalue weighted by Gasteiger charge is 2.34. The first kappa shape index (κ1) is 17.3. The van der Waals surface area contributed by atoms with Crippen molar-refractivity contribution in [3.8, 4) is 0 Å². The van der Waals surface area contributed by atoms with Crippen molar-refractivity contribution in [1.29, 1.82) is 0 Å². The van der Waals surface area contributed by atoms with Crippen molar-refractivity contribution >= 4 is 34.1 Å². The molecule has 3 rings (SSSR count). The van der Waals surface area contributed by atoms with Gasteiger partial charge >= 0.3 is 6.18 Å². The summed E-state index contributed by atoms with van der Waals surface area (Å²) in [5, 5.41) is 2.80. The van der Waals surface area contributed by atoms with E-state index >= 15 is 0 Å². The van der Waals surface area contributed by atoms with Gasteiger partial charge < -0.3 is 10.3 Å². The first-order valence-electron chi connectivity index (χ1n) is 7.16. The molecule has 0 spiro atoms. The average molecular weight is 371 g/mol.